The molecule has 16 heavy (non-hydrogen) atoms. The molecule has 0 saturated carbocycles. The number of unbranched alkanes of at least 4 members (excludes halogenated alkanes) is 2. The zero-order valence-corrected chi connectivity index (χ0v) is 10.7. The van der Waals surface area contributed by atoms with Crippen LogP contribution in [0.1, 0.15) is 51.9 Å². The minimum Gasteiger partial charge on any atom is -0.396 e. The van der Waals surface area contributed by atoms with Gasteiger partial charge in [0.15, 0.2) is 0 Å². The lowest BCUT2D eigenvalue weighted by atomic mass is 9.99. The molecule has 0 aromatic carbocycles. The number of aliphatic hydroxyl groups is 1. The third-order valence-corrected chi connectivity index (χ3v) is 3.38. The van der Waals surface area contributed by atoms with Gasteiger partial charge < -0.3 is 15.7 Å². The normalized spacial score (nSPS) is 23.2. The summed E-state index contributed by atoms with van der Waals surface area (Å²) in [6.45, 7) is 4.91. The summed E-state index contributed by atoms with van der Waals surface area (Å²) in [5.74, 6) is 0. The molecular weight excluding hydrogens is 200 g/mol. The molecule has 1 heterocycles. The first-order valence-corrected chi connectivity index (χ1v) is 6.90. The van der Waals surface area contributed by atoms with Gasteiger partial charge in [0, 0.05) is 18.7 Å². The van der Waals surface area contributed by atoms with E-state index in [1.165, 1.54) is 38.6 Å². The summed E-state index contributed by atoms with van der Waals surface area (Å²) in [7, 11) is 0. The number of nitrogens with one attached hydrogen (secondary N) is 2. The fraction of sp³-hybridized carbons (Fsp3) is 1.00. The summed E-state index contributed by atoms with van der Waals surface area (Å²) in [5, 5.41) is 15.8. The molecule has 0 bridgehead atoms. The van der Waals surface area contributed by atoms with Crippen LogP contribution in [-0.4, -0.2) is 36.9 Å². The van der Waals surface area contributed by atoms with Gasteiger partial charge in [0.05, 0.1) is 0 Å². The third kappa shape index (κ3) is 6.46. The predicted molar refractivity (Wildman–Crippen MR) is 68.7 cm³/mol. The van der Waals surface area contributed by atoms with Crippen LogP contribution in [-0.2, 0) is 0 Å². The summed E-state index contributed by atoms with van der Waals surface area (Å²) in [4.78, 5) is 0. The molecule has 2 unspecified atom stereocenters. The highest BCUT2D eigenvalue weighted by molar-refractivity contribution is 4.76. The van der Waals surface area contributed by atoms with Crippen LogP contribution >= 0.6 is 0 Å². The van der Waals surface area contributed by atoms with E-state index >= 15 is 0 Å². The summed E-state index contributed by atoms with van der Waals surface area (Å²) in [5.41, 5.74) is 0. The molecule has 3 N–H and O–H groups in total. The predicted octanol–water partition coefficient (Wildman–Crippen LogP) is 1.66. The van der Waals surface area contributed by atoms with E-state index in [1.807, 2.05) is 0 Å². The maximum atomic E-state index is 8.66. The first-order chi connectivity index (χ1) is 7.83. The first kappa shape index (κ1) is 13.9. The molecule has 0 radical (unpaired) electrons. The van der Waals surface area contributed by atoms with Crippen molar-refractivity contribution >= 4 is 0 Å². The molecule has 3 nitrogen and oxygen atoms in total. The summed E-state index contributed by atoms with van der Waals surface area (Å²) < 4.78 is 0. The molecule has 3 heteroatoms. The highest BCUT2D eigenvalue weighted by Gasteiger charge is 2.14. The van der Waals surface area contributed by atoms with E-state index in [2.05, 4.69) is 17.6 Å². The fourth-order valence-corrected chi connectivity index (χ4v) is 2.40. The van der Waals surface area contributed by atoms with Gasteiger partial charge >= 0.3 is 0 Å². The van der Waals surface area contributed by atoms with Crippen molar-refractivity contribution in [2.75, 3.05) is 19.7 Å². The number of hydrogen-bond acceptors (Lipinski definition) is 3. The Labute approximate surface area is 100 Å². The fourth-order valence-electron chi connectivity index (χ4n) is 2.40. The molecule has 1 aliphatic rings. The van der Waals surface area contributed by atoms with Crippen LogP contribution in [0.15, 0.2) is 0 Å². The van der Waals surface area contributed by atoms with E-state index in [9.17, 15) is 0 Å². The van der Waals surface area contributed by atoms with Crippen LogP contribution in [0.5, 0.6) is 0 Å². The van der Waals surface area contributed by atoms with Crippen LogP contribution in [0.25, 0.3) is 0 Å². The Morgan fingerprint density at radius 1 is 1.31 bits per heavy atom. The lowest BCUT2D eigenvalue weighted by molar-refractivity contribution is 0.282. The molecule has 0 amide bonds. The molecule has 0 aliphatic carbocycles. The standard InChI is InChI=1S/C13H28N2O/c1-12(14-8-4-2-6-10-16)11-13-7-3-5-9-15-13/h12-16H,2-11H2,1H3. The van der Waals surface area contributed by atoms with Crippen molar-refractivity contribution in [1.82, 2.24) is 10.6 Å². The Morgan fingerprint density at radius 2 is 2.19 bits per heavy atom. The van der Waals surface area contributed by atoms with Crippen LogP contribution in [0.4, 0.5) is 0 Å². The number of rotatable bonds is 8. The molecule has 1 saturated heterocycles. The van der Waals surface area contributed by atoms with E-state index < -0.39 is 0 Å². The number of aliphatic hydroxyl groups excluding tert-OH is 1. The molecule has 1 fully saturated rings. The Hall–Kier alpha value is -0.120. The molecule has 0 aromatic heterocycles. The van der Waals surface area contributed by atoms with E-state index in [1.54, 1.807) is 0 Å². The van der Waals surface area contributed by atoms with Crippen molar-refractivity contribution in [3.8, 4) is 0 Å². The van der Waals surface area contributed by atoms with Gasteiger partial charge in [0.25, 0.3) is 0 Å². The molecule has 1 aliphatic heterocycles. The summed E-state index contributed by atoms with van der Waals surface area (Å²) in [6, 6.07) is 1.35. The van der Waals surface area contributed by atoms with Gasteiger partial charge in [-0.1, -0.05) is 6.42 Å². The van der Waals surface area contributed by atoms with Gasteiger partial charge in [-0.2, -0.15) is 0 Å². The second kappa shape index (κ2) is 8.97. The highest BCUT2D eigenvalue weighted by atomic mass is 16.2. The second-order valence-corrected chi connectivity index (χ2v) is 5.02. The molecular formula is C13H28N2O. The van der Waals surface area contributed by atoms with Crippen LogP contribution in [0.3, 0.4) is 0 Å². The molecule has 1 rings (SSSR count). The van der Waals surface area contributed by atoms with Crippen LogP contribution < -0.4 is 10.6 Å². The van der Waals surface area contributed by atoms with Crippen molar-refractivity contribution < 1.29 is 5.11 Å². The lowest BCUT2D eigenvalue weighted by Crippen LogP contribution is -2.40. The van der Waals surface area contributed by atoms with E-state index in [0.29, 0.717) is 12.6 Å². The Bertz CT molecular complexity index is 158. The van der Waals surface area contributed by atoms with Gasteiger partial charge in [-0.05, 0) is 58.5 Å². The average Bonchev–Trinajstić information content (AvgIpc) is 2.30. The monoisotopic (exact) mass is 228 g/mol. The first-order valence-electron chi connectivity index (χ1n) is 6.90. The van der Waals surface area contributed by atoms with Crippen molar-refractivity contribution in [2.45, 2.75) is 64.0 Å². The van der Waals surface area contributed by atoms with Gasteiger partial charge in [-0.15, -0.1) is 0 Å². The maximum Gasteiger partial charge on any atom is 0.0431 e. The van der Waals surface area contributed by atoms with Crippen molar-refractivity contribution in [2.24, 2.45) is 0 Å². The third-order valence-electron chi connectivity index (χ3n) is 3.38. The summed E-state index contributed by atoms with van der Waals surface area (Å²) >= 11 is 0. The van der Waals surface area contributed by atoms with Crippen molar-refractivity contribution in [3.05, 3.63) is 0 Å². The second-order valence-electron chi connectivity index (χ2n) is 5.02. The van der Waals surface area contributed by atoms with Gasteiger partial charge in [0.1, 0.15) is 0 Å². The Kier molecular flexibility index (Phi) is 7.81. The summed E-state index contributed by atoms with van der Waals surface area (Å²) in [6.07, 6.45) is 8.60. The molecule has 2 atom stereocenters. The number of piperidine rings is 1. The van der Waals surface area contributed by atoms with E-state index in [0.717, 1.165) is 25.4 Å². The molecule has 0 aromatic rings. The zero-order valence-electron chi connectivity index (χ0n) is 10.7. The van der Waals surface area contributed by atoms with E-state index in [-0.39, 0.29) is 0 Å². The van der Waals surface area contributed by atoms with Gasteiger partial charge in [-0.25, -0.2) is 0 Å². The largest absolute Gasteiger partial charge is 0.396 e. The average molecular weight is 228 g/mol. The minimum atomic E-state index is 0.335. The smallest absolute Gasteiger partial charge is 0.0431 e. The highest BCUT2D eigenvalue weighted by Crippen LogP contribution is 2.11. The van der Waals surface area contributed by atoms with Crippen LogP contribution in [0, 0.1) is 0 Å². The minimum absolute atomic E-state index is 0.335. The molecule has 96 valence electrons. The Morgan fingerprint density at radius 3 is 2.88 bits per heavy atom. The van der Waals surface area contributed by atoms with Crippen molar-refractivity contribution in [3.63, 3.8) is 0 Å². The van der Waals surface area contributed by atoms with Crippen LogP contribution in [0.2, 0.25) is 0 Å². The van der Waals surface area contributed by atoms with Gasteiger partial charge in [-0.3, -0.25) is 0 Å². The van der Waals surface area contributed by atoms with Gasteiger partial charge in [0.2, 0.25) is 0 Å². The van der Waals surface area contributed by atoms with Crippen molar-refractivity contribution in [1.29, 1.82) is 0 Å². The maximum absolute atomic E-state index is 8.66. The topological polar surface area (TPSA) is 44.3 Å². The Balaban J connectivity index is 1.95. The number of hydrogen-bond donors (Lipinski definition) is 3. The quantitative estimate of drug-likeness (QED) is 0.554. The zero-order chi connectivity index (χ0) is 11.6. The lowest BCUT2D eigenvalue weighted by Gasteiger charge is -2.26. The molecule has 0 spiro atoms. The van der Waals surface area contributed by atoms with E-state index in [4.69, 9.17) is 5.11 Å². The SMILES string of the molecule is CC(CC1CCCCN1)NCCCCCO.